The normalized spacial score (nSPS) is 15.9. The van der Waals surface area contributed by atoms with Crippen molar-refractivity contribution in [2.45, 2.75) is 26.8 Å². The Morgan fingerprint density at radius 2 is 2.00 bits per heavy atom. The van der Waals surface area contributed by atoms with E-state index >= 15 is 0 Å². The molecule has 0 aromatic rings. The van der Waals surface area contributed by atoms with Crippen LogP contribution in [0.1, 0.15) is 20.8 Å². The van der Waals surface area contributed by atoms with Crippen molar-refractivity contribution >= 4 is 12.1 Å². The predicted octanol–water partition coefficient (Wildman–Crippen LogP) is 1.30. The van der Waals surface area contributed by atoms with Crippen LogP contribution in [-0.2, 0) is 4.79 Å². The van der Waals surface area contributed by atoms with Crippen LogP contribution < -0.4 is 11.5 Å². The van der Waals surface area contributed by atoms with Gasteiger partial charge in [0.05, 0.1) is 0 Å². The molecule has 1 unspecified atom stereocenters. The summed E-state index contributed by atoms with van der Waals surface area (Å²) in [5.74, 6) is -0.372. The third kappa shape index (κ3) is 5.26. The number of carbonyl (C=O) groups excluding carboxylic acids is 1. The topological polar surface area (TPSA) is 81.5 Å². The molecular weight excluding hydrogens is 202 g/mol. The molecule has 0 saturated carbocycles. The summed E-state index contributed by atoms with van der Waals surface area (Å²) in [6.45, 7) is 8.78. The standard InChI is InChI=1S/C12H19N3O/c1-5-12(16)15-7-8(2)6-11(9(3)13)10(4)14/h5-7,9H,1,13-14H2,2-4H3/b8-6-,11-10-,15-7?. The number of aliphatic imine (C=N–C) groups is 1. The summed E-state index contributed by atoms with van der Waals surface area (Å²) in [6.07, 6.45) is 4.44. The van der Waals surface area contributed by atoms with E-state index in [1.54, 1.807) is 6.92 Å². The molecule has 0 spiro atoms. The monoisotopic (exact) mass is 221 g/mol. The quantitative estimate of drug-likeness (QED) is 0.426. The zero-order valence-electron chi connectivity index (χ0n) is 10.0. The summed E-state index contributed by atoms with van der Waals surface area (Å²) in [5.41, 5.74) is 13.8. The van der Waals surface area contributed by atoms with Crippen molar-refractivity contribution in [2.75, 3.05) is 0 Å². The van der Waals surface area contributed by atoms with Crippen LogP contribution in [0.5, 0.6) is 0 Å². The van der Waals surface area contributed by atoms with Crippen LogP contribution >= 0.6 is 0 Å². The van der Waals surface area contributed by atoms with Gasteiger partial charge in [-0.2, -0.15) is 0 Å². The molecule has 0 aliphatic carbocycles. The average Bonchev–Trinajstić information content (AvgIpc) is 2.21. The Hall–Kier alpha value is -1.68. The fourth-order valence-corrected chi connectivity index (χ4v) is 1.11. The molecule has 0 rings (SSSR count). The predicted molar refractivity (Wildman–Crippen MR) is 68.0 cm³/mol. The Kier molecular flexibility index (Phi) is 6.03. The molecule has 1 amide bonds. The largest absolute Gasteiger partial charge is 0.402 e. The lowest BCUT2D eigenvalue weighted by atomic mass is 10.1. The first kappa shape index (κ1) is 14.3. The number of nitrogens with zero attached hydrogens (tertiary/aromatic N) is 1. The van der Waals surface area contributed by atoms with Gasteiger partial charge >= 0.3 is 0 Å². The highest BCUT2D eigenvalue weighted by Crippen LogP contribution is 2.07. The molecule has 0 saturated heterocycles. The molecule has 0 aromatic carbocycles. The zero-order valence-corrected chi connectivity index (χ0v) is 10.0. The minimum absolute atomic E-state index is 0.150. The van der Waals surface area contributed by atoms with Crippen LogP contribution in [0.2, 0.25) is 0 Å². The molecular formula is C12H19N3O. The molecule has 0 heterocycles. The number of hydrogen-bond donors (Lipinski definition) is 2. The summed E-state index contributed by atoms with van der Waals surface area (Å²) < 4.78 is 0. The lowest BCUT2D eigenvalue weighted by Crippen LogP contribution is -2.20. The number of nitrogens with two attached hydrogens (primary N) is 2. The maximum atomic E-state index is 10.9. The lowest BCUT2D eigenvalue weighted by molar-refractivity contribution is -0.113. The van der Waals surface area contributed by atoms with Gasteiger partial charge in [-0.15, -0.1) is 0 Å². The van der Waals surface area contributed by atoms with Crippen molar-refractivity contribution in [3.63, 3.8) is 0 Å². The SMILES string of the molecule is C=CC(=O)N=C/C(C)=C\C(=C(/C)N)C(C)N. The van der Waals surface area contributed by atoms with Gasteiger partial charge in [0, 0.05) is 18.0 Å². The molecule has 88 valence electrons. The fourth-order valence-electron chi connectivity index (χ4n) is 1.11. The second-order valence-corrected chi connectivity index (χ2v) is 3.62. The number of allylic oxidation sites excluding steroid dienone is 2. The molecule has 0 aliphatic rings. The van der Waals surface area contributed by atoms with Crippen molar-refractivity contribution in [1.29, 1.82) is 0 Å². The average molecular weight is 221 g/mol. The highest BCUT2D eigenvalue weighted by Gasteiger charge is 2.03. The van der Waals surface area contributed by atoms with Crippen molar-refractivity contribution in [3.8, 4) is 0 Å². The van der Waals surface area contributed by atoms with E-state index in [1.807, 2.05) is 19.9 Å². The maximum Gasteiger partial charge on any atom is 0.269 e. The second-order valence-electron chi connectivity index (χ2n) is 3.62. The van der Waals surface area contributed by atoms with Gasteiger partial charge < -0.3 is 11.5 Å². The van der Waals surface area contributed by atoms with Crippen LogP contribution in [0.3, 0.4) is 0 Å². The van der Waals surface area contributed by atoms with Gasteiger partial charge in [-0.05, 0) is 38.0 Å². The first-order chi connectivity index (χ1) is 7.38. The Morgan fingerprint density at radius 1 is 1.44 bits per heavy atom. The number of carbonyl (C=O) groups is 1. The minimum atomic E-state index is -0.372. The molecule has 0 radical (unpaired) electrons. The van der Waals surface area contributed by atoms with Crippen LogP contribution in [0.15, 0.2) is 40.6 Å². The molecule has 4 N–H and O–H groups in total. The number of rotatable bonds is 4. The van der Waals surface area contributed by atoms with E-state index in [4.69, 9.17) is 11.5 Å². The highest BCUT2D eigenvalue weighted by molar-refractivity contribution is 5.96. The van der Waals surface area contributed by atoms with Crippen molar-refractivity contribution < 1.29 is 4.79 Å². The van der Waals surface area contributed by atoms with Crippen molar-refractivity contribution in [2.24, 2.45) is 16.5 Å². The molecule has 1 atom stereocenters. The van der Waals surface area contributed by atoms with E-state index in [0.717, 1.165) is 17.2 Å². The van der Waals surface area contributed by atoms with E-state index in [2.05, 4.69) is 11.6 Å². The Bertz CT molecular complexity index is 358. The van der Waals surface area contributed by atoms with Gasteiger partial charge in [-0.3, -0.25) is 4.79 Å². The number of hydrogen-bond acceptors (Lipinski definition) is 3. The Morgan fingerprint density at radius 3 is 2.38 bits per heavy atom. The smallest absolute Gasteiger partial charge is 0.269 e. The van der Waals surface area contributed by atoms with E-state index < -0.39 is 0 Å². The van der Waals surface area contributed by atoms with Gasteiger partial charge in [-0.1, -0.05) is 12.7 Å². The minimum Gasteiger partial charge on any atom is -0.402 e. The second kappa shape index (κ2) is 6.74. The first-order valence-electron chi connectivity index (χ1n) is 4.99. The van der Waals surface area contributed by atoms with Gasteiger partial charge in [-0.25, -0.2) is 4.99 Å². The maximum absolute atomic E-state index is 10.9. The summed E-state index contributed by atoms with van der Waals surface area (Å²) in [4.78, 5) is 14.5. The van der Waals surface area contributed by atoms with Crippen LogP contribution in [0, 0.1) is 0 Å². The van der Waals surface area contributed by atoms with Gasteiger partial charge in [0.25, 0.3) is 5.91 Å². The fraction of sp³-hybridized carbons (Fsp3) is 0.333. The van der Waals surface area contributed by atoms with Gasteiger partial charge in [0.15, 0.2) is 0 Å². The third-order valence-corrected chi connectivity index (χ3v) is 1.90. The Labute approximate surface area is 96.4 Å². The van der Waals surface area contributed by atoms with Crippen molar-refractivity contribution in [1.82, 2.24) is 0 Å². The van der Waals surface area contributed by atoms with Gasteiger partial charge in [0.2, 0.25) is 0 Å². The van der Waals surface area contributed by atoms with E-state index in [1.165, 1.54) is 6.21 Å². The summed E-state index contributed by atoms with van der Waals surface area (Å²) in [5, 5.41) is 0. The van der Waals surface area contributed by atoms with Crippen molar-refractivity contribution in [3.05, 3.63) is 35.6 Å². The highest BCUT2D eigenvalue weighted by atomic mass is 16.1. The molecule has 4 nitrogen and oxygen atoms in total. The van der Waals surface area contributed by atoms with E-state index in [9.17, 15) is 4.79 Å². The third-order valence-electron chi connectivity index (χ3n) is 1.90. The molecule has 4 heteroatoms. The van der Waals surface area contributed by atoms with Crippen LogP contribution in [0.4, 0.5) is 0 Å². The molecule has 0 aromatic heterocycles. The van der Waals surface area contributed by atoms with E-state index in [-0.39, 0.29) is 11.9 Å². The molecule has 16 heavy (non-hydrogen) atoms. The lowest BCUT2D eigenvalue weighted by Gasteiger charge is -2.09. The van der Waals surface area contributed by atoms with E-state index in [0.29, 0.717) is 5.70 Å². The summed E-state index contributed by atoms with van der Waals surface area (Å²) in [6, 6.07) is -0.150. The molecule has 0 aliphatic heterocycles. The summed E-state index contributed by atoms with van der Waals surface area (Å²) in [7, 11) is 0. The van der Waals surface area contributed by atoms with Gasteiger partial charge in [0.1, 0.15) is 0 Å². The molecule has 0 fully saturated rings. The number of amides is 1. The van der Waals surface area contributed by atoms with Crippen LogP contribution in [-0.4, -0.2) is 18.2 Å². The first-order valence-corrected chi connectivity index (χ1v) is 4.99. The molecule has 0 bridgehead atoms. The Balaban J connectivity index is 4.90. The summed E-state index contributed by atoms with van der Waals surface area (Å²) >= 11 is 0. The zero-order chi connectivity index (χ0) is 12.7. The van der Waals surface area contributed by atoms with Crippen LogP contribution in [0.25, 0.3) is 0 Å².